The summed E-state index contributed by atoms with van der Waals surface area (Å²) in [6.45, 7) is 6.82. The second-order valence-corrected chi connectivity index (χ2v) is 3.49. The second kappa shape index (κ2) is 4.58. The van der Waals surface area contributed by atoms with Crippen molar-refractivity contribution < 1.29 is 9.53 Å². The van der Waals surface area contributed by atoms with Crippen LogP contribution in [0.5, 0.6) is 0 Å². The Labute approximate surface area is 79.2 Å². The van der Waals surface area contributed by atoms with Crippen molar-refractivity contribution in [3.8, 4) is 0 Å². The van der Waals surface area contributed by atoms with Gasteiger partial charge in [-0.25, -0.2) is 0 Å². The molecule has 1 N–H and O–H groups in total. The van der Waals surface area contributed by atoms with E-state index in [0.29, 0.717) is 6.04 Å². The lowest BCUT2D eigenvalue weighted by molar-refractivity contribution is -0.147. The van der Waals surface area contributed by atoms with Gasteiger partial charge in [0.1, 0.15) is 6.04 Å². The monoisotopic (exact) mass is 186 g/mol. The number of carbonyl (C=O) groups excluding carboxylic acids is 1. The van der Waals surface area contributed by atoms with Crippen LogP contribution < -0.4 is 5.32 Å². The lowest BCUT2D eigenvalue weighted by atomic mass is 10.1. The van der Waals surface area contributed by atoms with Crippen molar-refractivity contribution in [3.63, 3.8) is 0 Å². The van der Waals surface area contributed by atoms with Crippen LogP contribution in [0.25, 0.3) is 0 Å². The van der Waals surface area contributed by atoms with Crippen LogP contribution in [0.1, 0.15) is 13.8 Å². The Morgan fingerprint density at radius 3 is 2.92 bits per heavy atom. The zero-order chi connectivity index (χ0) is 9.84. The number of methoxy groups -OCH3 is 1. The van der Waals surface area contributed by atoms with E-state index in [0.717, 1.165) is 19.6 Å². The van der Waals surface area contributed by atoms with Crippen molar-refractivity contribution in [1.29, 1.82) is 0 Å². The number of hydrogen-bond donors (Lipinski definition) is 1. The highest BCUT2D eigenvalue weighted by atomic mass is 16.5. The van der Waals surface area contributed by atoms with Crippen molar-refractivity contribution in [2.24, 2.45) is 0 Å². The maximum absolute atomic E-state index is 11.3. The molecule has 0 amide bonds. The molecule has 1 saturated heterocycles. The number of piperazine rings is 1. The average molecular weight is 186 g/mol. The predicted octanol–water partition coefficient (Wildman–Crippen LogP) is -0.158. The Hall–Kier alpha value is -0.610. The Morgan fingerprint density at radius 1 is 1.69 bits per heavy atom. The SMILES string of the molecule is COC(=O)C(C)N1CCNCC1C. The van der Waals surface area contributed by atoms with E-state index in [4.69, 9.17) is 4.74 Å². The maximum Gasteiger partial charge on any atom is 0.322 e. The van der Waals surface area contributed by atoms with Gasteiger partial charge in [-0.3, -0.25) is 9.69 Å². The minimum atomic E-state index is -0.145. The highest BCUT2D eigenvalue weighted by Gasteiger charge is 2.27. The Kier molecular flexibility index (Phi) is 3.69. The Bertz CT molecular complexity index is 184. The number of ether oxygens (including phenoxy) is 1. The Morgan fingerprint density at radius 2 is 2.38 bits per heavy atom. The third-order valence-corrected chi connectivity index (χ3v) is 2.59. The molecule has 2 atom stereocenters. The van der Waals surface area contributed by atoms with Crippen molar-refractivity contribution >= 4 is 5.97 Å². The fraction of sp³-hybridized carbons (Fsp3) is 0.889. The van der Waals surface area contributed by atoms with E-state index in [2.05, 4.69) is 17.1 Å². The van der Waals surface area contributed by atoms with Gasteiger partial charge in [-0.15, -0.1) is 0 Å². The summed E-state index contributed by atoms with van der Waals surface area (Å²) in [7, 11) is 1.44. The van der Waals surface area contributed by atoms with Gasteiger partial charge < -0.3 is 10.1 Å². The molecule has 0 aromatic heterocycles. The maximum atomic E-state index is 11.3. The first-order valence-corrected chi connectivity index (χ1v) is 4.71. The number of rotatable bonds is 2. The van der Waals surface area contributed by atoms with Crippen LogP contribution in [0.3, 0.4) is 0 Å². The summed E-state index contributed by atoms with van der Waals surface area (Å²) in [5.41, 5.74) is 0. The molecular weight excluding hydrogens is 168 g/mol. The van der Waals surface area contributed by atoms with E-state index in [1.165, 1.54) is 7.11 Å². The van der Waals surface area contributed by atoms with Crippen LogP contribution in [0.2, 0.25) is 0 Å². The lowest BCUT2D eigenvalue weighted by Crippen LogP contribution is -2.55. The van der Waals surface area contributed by atoms with E-state index in [1.54, 1.807) is 0 Å². The normalized spacial score (nSPS) is 26.8. The third kappa shape index (κ3) is 2.42. The molecule has 0 bridgehead atoms. The number of nitrogens with zero attached hydrogens (tertiary/aromatic N) is 1. The predicted molar refractivity (Wildman–Crippen MR) is 50.5 cm³/mol. The van der Waals surface area contributed by atoms with Gasteiger partial charge in [0, 0.05) is 25.7 Å². The van der Waals surface area contributed by atoms with Gasteiger partial charge in [-0.1, -0.05) is 0 Å². The zero-order valence-corrected chi connectivity index (χ0v) is 8.54. The minimum absolute atomic E-state index is 0.123. The summed E-state index contributed by atoms with van der Waals surface area (Å²) in [6.07, 6.45) is 0. The summed E-state index contributed by atoms with van der Waals surface area (Å²) in [5, 5.41) is 3.28. The number of esters is 1. The highest BCUT2D eigenvalue weighted by Crippen LogP contribution is 2.08. The standard InChI is InChI=1S/C9H18N2O2/c1-7-6-10-4-5-11(7)8(2)9(12)13-3/h7-8,10H,4-6H2,1-3H3. The molecule has 1 heterocycles. The van der Waals surface area contributed by atoms with E-state index >= 15 is 0 Å². The first-order chi connectivity index (χ1) is 6.16. The fourth-order valence-electron chi connectivity index (χ4n) is 1.74. The van der Waals surface area contributed by atoms with Crippen LogP contribution >= 0.6 is 0 Å². The molecule has 0 spiro atoms. The van der Waals surface area contributed by atoms with Crippen LogP contribution in [0, 0.1) is 0 Å². The van der Waals surface area contributed by atoms with Crippen molar-refractivity contribution in [3.05, 3.63) is 0 Å². The van der Waals surface area contributed by atoms with Crippen molar-refractivity contribution in [2.75, 3.05) is 26.7 Å². The van der Waals surface area contributed by atoms with Crippen LogP contribution in [0.4, 0.5) is 0 Å². The van der Waals surface area contributed by atoms with E-state index in [-0.39, 0.29) is 12.0 Å². The van der Waals surface area contributed by atoms with Gasteiger partial charge in [-0.2, -0.15) is 0 Å². The molecule has 1 aliphatic heterocycles. The molecule has 76 valence electrons. The largest absolute Gasteiger partial charge is 0.468 e. The van der Waals surface area contributed by atoms with Gasteiger partial charge in [0.2, 0.25) is 0 Å². The molecule has 2 unspecified atom stereocenters. The third-order valence-electron chi connectivity index (χ3n) is 2.59. The summed E-state index contributed by atoms with van der Waals surface area (Å²) < 4.78 is 4.71. The van der Waals surface area contributed by atoms with Gasteiger partial charge in [0.25, 0.3) is 0 Å². The number of hydrogen-bond acceptors (Lipinski definition) is 4. The molecule has 0 saturated carbocycles. The number of carbonyl (C=O) groups is 1. The topological polar surface area (TPSA) is 41.6 Å². The summed E-state index contributed by atoms with van der Waals surface area (Å²) in [6, 6.07) is 0.282. The second-order valence-electron chi connectivity index (χ2n) is 3.49. The van der Waals surface area contributed by atoms with E-state index in [1.807, 2.05) is 6.92 Å². The van der Waals surface area contributed by atoms with Gasteiger partial charge in [0.05, 0.1) is 7.11 Å². The molecule has 1 aliphatic rings. The fourth-order valence-corrected chi connectivity index (χ4v) is 1.74. The van der Waals surface area contributed by atoms with E-state index < -0.39 is 0 Å². The molecular formula is C9H18N2O2. The molecule has 4 nitrogen and oxygen atoms in total. The highest BCUT2D eigenvalue weighted by molar-refractivity contribution is 5.75. The summed E-state index contributed by atoms with van der Waals surface area (Å²) in [5.74, 6) is -0.145. The minimum Gasteiger partial charge on any atom is -0.468 e. The lowest BCUT2D eigenvalue weighted by Gasteiger charge is -2.36. The van der Waals surface area contributed by atoms with Crippen LogP contribution in [0.15, 0.2) is 0 Å². The molecule has 0 radical (unpaired) electrons. The van der Waals surface area contributed by atoms with Crippen LogP contribution in [-0.4, -0.2) is 49.7 Å². The molecule has 0 aliphatic carbocycles. The summed E-state index contributed by atoms with van der Waals surface area (Å²) >= 11 is 0. The smallest absolute Gasteiger partial charge is 0.322 e. The van der Waals surface area contributed by atoms with Gasteiger partial charge in [0.15, 0.2) is 0 Å². The van der Waals surface area contributed by atoms with Crippen molar-refractivity contribution in [2.45, 2.75) is 25.9 Å². The molecule has 4 heteroatoms. The summed E-state index contributed by atoms with van der Waals surface area (Å²) in [4.78, 5) is 13.4. The van der Waals surface area contributed by atoms with Gasteiger partial charge >= 0.3 is 5.97 Å². The molecule has 0 aromatic rings. The number of nitrogens with one attached hydrogen (secondary N) is 1. The van der Waals surface area contributed by atoms with Crippen LogP contribution in [-0.2, 0) is 9.53 Å². The Balaban J connectivity index is 2.53. The quantitative estimate of drug-likeness (QED) is 0.609. The van der Waals surface area contributed by atoms with E-state index in [9.17, 15) is 4.79 Å². The van der Waals surface area contributed by atoms with Gasteiger partial charge in [-0.05, 0) is 13.8 Å². The molecule has 13 heavy (non-hydrogen) atoms. The molecule has 1 rings (SSSR count). The van der Waals surface area contributed by atoms with Crippen molar-refractivity contribution in [1.82, 2.24) is 10.2 Å². The first kappa shape index (κ1) is 10.5. The first-order valence-electron chi connectivity index (χ1n) is 4.71. The average Bonchev–Trinajstić information content (AvgIpc) is 2.16. The zero-order valence-electron chi connectivity index (χ0n) is 8.54. The molecule has 1 fully saturated rings. The molecule has 0 aromatic carbocycles.